The molecule has 0 saturated heterocycles. The zero-order valence-corrected chi connectivity index (χ0v) is 22.4. The van der Waals surface area contributed by atoms with Crippen LogP contribution in [-0.4, -0.2) is 39.0 Å². The van der Waals surface area contributed by atoms with E-state index in [1.807, 2.05) is 35.7 Å². The average Bonchev–Trinajstić information content (AvgIpc) is 3.21. The van der Waals surface area contributed by atoms with Crippen LogP contribution >= 0.6 is 0 Å². The van der Waals surface area contributed by atoms with Gasteiger partial charge in [-0.25, -0.2) is 8.93 Å². The van der Waals surface area contributed by atoms with Crippen molar-refractivity contribution in [1.82, 2.24) is 4.72 Å². The quantitative estimate of drug-likeness (QED) is 0.459. The summed E-state index contributed by atoms with van der Waals surface area (Å²) in [6.45, 7) is 8.88. The van der Waals surface area contributed by atoms with Crippen molar-refractivity contribution in [2.45, 2.75) is 82.3 Å². The van der Waals surface area contributed by atoms with Crippen LogP contribution in [0.25, 0.3) is 0 Å². The van der Waals surface area contributed by atoms with E-state index in [1.54, 1.807) is 7.05 Å². The monoisotopic (exact) mass is 497 g/mol. The van der Waals surface area contributed by atoms with E-state index < -0.39 is 21.9 Å². The van der Waals surface area contributed by atoms with Gasteiger partial charge in [-0.05, 0) is 104 Å². The zero-order chi connectivity index (χ0) is 25.2. The van der Waals surface area contributed by atoms with Crippen LogP contribution in [0.2, 0.25) is 0 Å². The molecule has 3 saturated carbocycles. The lowest BCUT2D eigenvalue weighted by atomic mass is 9.61. The number of aliphatic hydroxyl groups excluding tert-OH is 2. The summed E-state index contributed by atoms with van der Waals surface area (Å²) in [6.07, 6.45) is 11.0. The van der Waals surface area contributed by atoms with Crippen LogP contribution in [0.1, 0.15) is 65.2 Å². The van der Waals surface area contributed by atoms with Gasteiger partial charge in [-0.15, -0.1) is 0 Å². The molecule has 0 heterocycles. The van der Waals surface area contributed by atoms with Gasteiger partial charge in [-0.1, -0.05) is 56.4 Å². The summed E-state index contributed by atoms with van der Waals surface area (Å²) < 4.78 is 16.7. The molecule has 0 radical (unpaired) electrons. The number of benzene rings is 1. The molecule has 1 aromatic rings. The summed E-state index contributed by atoms with van der Waals surface area (Å²) in [6, 6.07) is 9.74. The van der Waals surface area contributed by atoms with E-state index in [0.717, 1.165) is 28.9 Å². The molecule has 0 amide bonds. The first kappa shape index (κ1) is 26.4. The first-order chi connectivity index (χ1) is 16.7. The van der Waals surface area contributed by atoms with Gasteiger partial charge in [0.2, 0.25) is 0 Å². The van der Waals surface area contributed by atoms with Gasteiger partial charge in [0.05, 0.1) is 21.9 Å². The maximum atomic E-state index is 13.6. The summed E-state index contributed by atoms with van der Waals surface area (Å²) in [5.74, 6) is 1.63. The highest BCUT2D eigenvalue weighted by molar-refractivity contribution is 7.99. The van der Waals surface area contributed by atoms with E-state index in [9.17, 15) is 14.4 Å². The third-order valence-electron chi connectivity index (χ3n) is 9.09. The second-order valence-electron chi connectivity index (χ2n) is 11.2. The molecule has 0 bridgehead atoms. The van der Waals surface area contributed by atoms with E-state index in [4.69, 9.17) is 0 Å². The maximum Gasteiger partial charge on any atom is 0.0811 e. The molecule has 7 atom stereocenters. The van der Waals surface area contributed by atoms with Crippen LogP contribution in [0.5, 0.6) is 0 Å². The molecule has 0 spiro atoms. The summed E-state index contributed by atoms with van der Waals surface area (Å²) in [5, 5.41) is 22.3. The maximum absolute atomic E-state index is 13.6. The van der Waals surface area contributed by atoms with E-state index in [-0.39, 0.29) is 5.41 Å². The summed E-state index contributed by atoms with van der Waals surface area (Å²) in [5.41, 5.74) is 3.50. The van der Waals surface area contributed by atoms with Crippen LogP contribution in [0, 0.1) is 23.2 Å². The molecule has 3 aliphatic rings. The summed E-state index contributed by atoms with van der Waals surface area (Å²) in [7, 11) is -0.582. The third-order valence-corrected chi connectivity index (χ3v) is 11.3. The summed E-state index contributed by atoms with van der Waals surface area (Å²) >= 11 is 0. The van der Waals surface area contributed by atoms with E-state index in [2.05, 4.69) is 37.3 Å². The van der Waals surface area contributed by atoms with E-state index >= 15 is 0 Å². The van der Waals surface area contributed by atoms with Crippen molar-refractivity contribution in [3.8, 4) is 0 Å². The fourth-order valence-corrected chi connectivity index (χ4v) is 8.78. The first-order valence-corrected chi connectivity index (χ1v) is 14.9. The van der Waals surface area contributed by atoms with Gasteiger partial charge >= 0.3 is 0 Å². The van der Waals surface area contributed by atoms with Crippen molar-refractivity contribution >= 4 is 15.1 Å². The van der Waals surface area contributed by atoms with Crippen molar-refractivity contribution in [2.75, 3.05) is 7.05 Å². The van der Waals surface area contributed by atoms with Crippen molar-refractivity contribution in [1.29, 1.82) is 0 Å². The van der Waals surface area contributed by atoms with Gasteiger partial charge in [0, 0.05) is 11.3 Å². The smallest absolute Gasteiger partial charge is 0.0811 e. The molecule has 4 nitrogen and oxygen atoms in total. The Bertz CT molecular complexity index is 1100. The van der Waals surface area contributed by atoms with Crippen LogP contribution in [-0.2, 0) is 9.71 Å². The molecule has 0 aromatic heterocycles. The first-order valence-electron chi connectivity index (χ1n) is 13.2. The Morgan fingerprint density at radius 3 is 2.69 bits per heavy atom. The minimum Gasteiger partial charge on any atom is -0.393 e. The predicted molar refractivity (Wildman–Crippen MR) is 146 cm³/mol. The molecule has 35 heavy (non-hydrogen) atoms. The Morgan fingerprint density at radius 2 is 1.97 bits per heavy atom. The van der Waals surface area contributed by atoms with Gasteiger partial charge in [0.25, 0.3) is 0 Å². The lowest BCUT2D eigenvalue weighted by Crippen LogP contribution is -2.36. The molecule has 1 unspecified atom stereocenters. The van der Waals surface area contributed by atoms with Crippen molar-refractivity contribution in [2.24, 2.45) is 23.2 Å². The minimum absolute atomic E-state index is 0.256. The Morgan fingerprint density at radius 1 is 1.23 bits per heavy atom. The normalized spacial score (nSPS) is 36.1. The SMILES string of the molecule is C=C1C(=CC=C2CCC[C@]3(C)[C@@H]([C@H](C)CC=S(=O)(NC)c4ccccc4)CC[C@@H]23)C[C@H](O)C[C@H]1O. The van der Waals surface area contributed by atoms with Crippen LogP contribution in [0.15, 0.2) is 70.7 Å². The van der Waals surface area contributed by atoms with Gasteiger partial charge < -0.3 is 10.2 Å². The number of nitrogens with one attached hydrogen (secondary N) is 1. The zero-order valence-electron chi connectivity index (χ0n) is 21.6. The Balaban J connectivity index is 1.52. The molecular formula is C30H43NO3S. The third kappa shape index (κ3) is 5.39. The highest BCUT2D eigenvalue weighted by Crippen LogP contribution is 2.59. The van der Waals surface area contributed by atoms with Crippen LogP contribution in [0.3, 0.4) is 0 Å². The molecule has 3 N–H and O–H groups in total. The minimum atomic E-state index is -2.37. The number of fused-ring (bicyclic) bond motifs is 1. The van der Waals surface area contributed by atoms with Crippen molar-refractivity contribution in [3.05, 3.63) is 65.8 Å². The summed E-state index contributed by atoms with van der Waals surface area (Å²) in [4.78, 5) is 0.848. The molecule has 5 heteroatoms. The number of hydrogen-bond acceptors (Lipinski definition) is 3. The molecule has 1 aromatic carbocycles. The molecule has 4 rings (SSSR count). The number of hydrogen-bond donors (Lipinski definition) is 3. The van der Waals surface area contributed by atoms with E-state index in [1.165, 1.54) is 31.3 Å². The number of allylic oxidation sites excluding steroid dienone is 3. The number of aliphatic hydroxyl groups is 2. The van der Waals surface area contributed by atoms with Gasteiger partial charge in [-0.2, -0.15) is 0 Å². The van der Waals surface area contributed by atoms with Crippen LogP contribution in [0.4, 0.5) is 0 Å². The number of rotatable bonds is 6. The predicted octanol–water partition coefficient (Wildman–Crippen LogP) is 5.43. The second-order valence-corrected chi connectivity index (χ2v) is 13.6. The molecule has 3 aliphatic carbocycles. The van der Waals surface area contributed by atoms with Crippen molar-refractivity contribution < 1.29 is 14.4 Å². The second kappa shape index (κ2) is 10.8. The lowest BCUT2D eigenvalue weighted by molar-refractivity contribution is 0.0862. The van der Waals surface area contributed by atoms with Crippen LogP contribution < -0.4 is 4.72 Å². The Labute approximate surface area is 212 Å². The topological polar surface area (TPSA) is 69.6 Å². The largest absolute Gasteiger partial charge is 0.393 e. The van der Waals surface area contributed by atoms with Gasteiger partial charge in [0.15, 0.2) is 0 Å². The molecule has 3 fully saturated rings. The average molecular weight is 498 g/mol. The highest BCUT2D eigenvalue weighted by Gasteiger charge is 2.50. The lowest BCUT2D eigenvalue weighted by Gasteiger charge is -2.44. The van der Waals surface area contributed by atoms with Gasteiger partial charge in [0.1, 0.15) is 0 Å². The standard InChI is InChI=1S/C30H43NO3S/c1-21(16-18-35(34,31-4)26-10-6-5-7-11-26)27-14-15-28-23(9-8-17-30(27,28)3)12-13-24-19-25(32)20-29(33)22(24)2/h5-7,10-13,18,21,25,27-29,32-33H,2,8-9,14-17,19-20H2,1,3-4H3,(H,31,34)/t21-,25+,27-,28+,29-,30-,35?/m1/s1. The Kier molecular flexibility index (Phi) is 8.12. The van der Waals surface area contributed by atoms with Gasteiger partial charge in [-0.3, -0.25) is 0 Å². The Hall–Kier alpha value is -1.66. The molecule has 192 valence electrons. The molecular weight excluding hydrogens is 454 g/mol. The fourth-order valence-electron chi connectivity index (χ4n) is 7.05. The molecule has 0 aliphatic heterocycles. The highest BCUT2D eigenvalue weighted by atomic mass is 32.2. The van der Waals surface area contributed by atoms with Crippen molar-refractivity contribution in [3.63, 3.8) is 0 Å². The van der Waals surface area contributed by atoms with E-state index in [0.29, 0.717) is 30.6 Å². The fraction of sp³-hybridized carbons (Fsp3) is 0.567.